The Bertz CT molecular complexity index is 3010. The van der Waals surface area contributed by atoms with Crippen molar-refractivity contribution in [1.82, 2.24) is 0 Å². The molecule has 0 N–H and O–H groups in total. The van der Waals surface area contributed by atoms with E-state index in [9.17, 15) is 0 Å². The lowest BCUT2D eigenvalue weighted by molar-refractivity contribution is 0.331. The SMILES string of the molecule is CCCCc1cc2c3c(c1)N(c1cc4c(cc1C)C(C)(C)CCC4(C)C)c1cc4c(cc1B3N(c1ccc(-c3ccccc3)cc1)c1cc3c(cc1-2)C(C)(C)CCC3(C)C)C(C)(C)CCC4(C)C. The van der Waals surface area contributed by atoms with Gasteiger partial charge in [0.25, 0.3) is 0 Å². The van der Waals surface area contributed by atoms with Crippen LogP contribution in [0.1, 0.15) is 186 Å². The Kier molecular flexibility index (Phi) is 10.2. The highest BCUT2D eigenvalue weighted by Gasteiger charge is 2.50. The van der Waals surface area contributed by atoms with Gasteiger partial charge < -0.3 is 9.71 Å². The van der Waals surface area contributed by atoms with Gasteiger partial charge in [-0.3, -0.25) is 0 Å². The molecule has 0 saturated heterocycles. The van der Waals surface area contributed by atoms with Crippen molar-refractivity contribution in [2.75, 3.05) is 9.71 Å². The molecule has 5 aliphatic rings. The van der Waals surface area contributed by atoms with E-state index in [2.05, 4.69) is 210 Å². The Morgan fingerprint density at radius 1 is 0.456 bits per heavy atom. The molecule has 0 radical (unpaired) electrons. The van der Waals surface area contributed by atoms with Gasteiger partial charge in [-0.05, 0) is 205 Å². The summed E-state index contributed by atoms with van der Waals surface area (Å²) < 4.78 is 0. The van der Waals surface area contributed by atoms with Crippen molar-refractivity contribution < 1.29 is 0 Å². The quantitative estimate of drug-likeness (QED) is 0.154. The number of benzene rings is 6. The number of hydrogen-bond donors (Lipinski definition) is 0. The number of hydrogen-bond acceptors (Lipinski definition) is 2. The number of fused-ring (bicyclic) bond motifs is 7. The molecule has 11 rings (SSSR count). The standard InChI is InChI=1S/C65H77BN2/c1-15-16-20-42-34-47-46-36-49-52(64(11,12)31-28-61(49,5)6)39-56(46)68(45-25-23-44(24-26-45)43-21-18-17-19-22-43)66-54-37-50-53(65(13,14)32-29-62(50,7)8)40-57(54)67(58(35-42)59(47)66)55-38-51-48(33-41(55)2)60(3,4)27-30-63(51,9)10/h17-19,21-26,33-40H,15-16,20,27-32H2,1-14H3. The van der Waals surface area contributed by atoms with Gasteiger partial charge in [0, 0.05) is 34.0 Å². The molecule has 2 heterocycles. The highest BCUT2D eigenvalue weighted by Crippen LogP contribution is 2.56. The molecule has 68 heavy (non-hydrogen) atoms. The van der Waals surface area contributed by atoms with Crippen LogP contribution in [-0.4, -0.2) is 6.85 Å². The van der Waals surface area contributed by atoms with Crippen LogP contribution in [0.15, 0.2) is 103 Å². The van der Waals surface area contributed by atoms with Crippen LogP contribution >= 0.6 is 0 Å². The van der Waals surface area contributed by atoms with Gasteiger partial charge in [-0.15, -0.1) is 0 Å². The van der Waals surface area contributed by atoms with E-state index < -0.39 is 0 Å². The minimum atomic E-state index is -0.0289. The summed E-state index contributed by atoms with van der Waals surface area (Å²) in [4.78, 5) is 5.59. The lowest BCUT2D eigenvalue weighted by atomic mass is 9.42. The summed E-state index contributed by atoms with van der Waals surface area (Å²) in [6.07, 6.45) is 10.6. The Morgan fingerprint density at radius 3 is 1.47 bits per heavy atom. The summed E-state index contributed by atoms with van der Waals surface area (Å²) in [5, 5.41) is 0. The van der Waals surface area contributed by atoms with Crippen LogP contribution in [0.2, 0.25) is 0 Å². The van der Waals surface area contributed by atoms with Crippen LogP contribution < -0.4 is 20.6 Å². The monoisotopic (exact) mass is 897 g/mol. The van der Waals surface area contributed by atoms with Gasteiger partial charge in [-0.1, -0.05) is 157 Å². The van der Waals surface area contributed by atoms with Crippen LogP contribution in [0.3, 0.4) is 0 Å². The molecule has 0 bridgehead atoms. The Labute approximate surface area is 411 Å². The van der Waals surface area contributed by atoms with Crippen molar-refractivity contribution in [2.24, 2.45) is 0 Å². The predicted molar refractivity (Wildman–Crippen MR) is 295 cm³/mol. The van der Waals surface area contributed by atoms with E-state index in [-0.39, 0.29) is 39.3 Å². The molecule has 0 saturated carbocycles. The van der Waals surface area contributed by atoms with Crippen molar-refractivity contribution in [3.05, 3.63) is 148 Å². The first-order valence-electron chi connectivity index (χ1n) is 26.5. The third kappa shape index (κ3) is 6.93. The molecule has 3 aliphatic carbocycles. The number of aryl methyl sites for hydroxylation is 2. The normalized spacial score (nSPS) is 20.4. The number of unbranched alkanes of at least 4 members (excludes halogenated alkanes) is 1. The smallest absolute Gasteiger partial charge is 0.333 e. The molecule has 350 valence electrons. The van der Waals surface area contributed by atoms with Gasteiger partial charge >= 0.3 is 6.85 Å². The fourth-order valence-electron chi connectivity index (χ4n) is 13.6. The summed E-state index contributed by atoms with van der Waals surface area (Å²) in [6, 6.07) is 41.8. The molecule has 0 fully saturated rings. The lowest BCUT2D eigenvalue weighted by Crippen LogP contribution is -2.62. The summed E-state index contributed by atoms with van der Waals surface area (Å²) in [5.74, 6) is 0. The van der Waals surface area contributed by atoms with Crippen molar-refractivity contribution in [3.63, 3.8) is 0 Å². The first kappa shape index (κ1) is 45.4. The highest BCUT2D eigenvalue weighted by molar-refractivity contribution is 6.93. The minimum Gasteiger partial charge on any atom is -0.376 e. The zero-order valence-corrected chi connectivity index (χ0v) is 44.2. The van der Waals surface area contributed by atoms with Gasteiger partial charge in [-0.25, -0.2) is 0 Å². The molecule has 6 aromatic rings. The Balaban J connectivity index is 1.28. The zero-order chi connectivity index (χ0) is 48.1. The second kappa shape index (κ2) is 15.2. The maximum atomic E-state index is 2.80. The molecule has 0 atom stereocenters. The topological polar surface area (TPSA) is 6.48 Å². The molecule has 3 heteroatoms. The van der Waals surface area contributed by atoms with E-state index in [1.54, 1.807) is 0 Å². The largest absolute Gasteiger partial charge is 0.376 e. The molecule has 2 nitrogen and oxygen atoms in total. The molecule has 6 aromatic carbocycles. The van der Waals surface area contributed by atoms with Crippen molar-refractivity contribution >= 4 is 46.2 Å². The average molecular weight is 897 g/mol. The van der Waals surface area contributed by atoms with Crippen LogP contribution in [0.25, 0.3) is 22.3 Å². The van der Waals surface area contributed by atoms with E-state index >= 15 is 0 Å². The maximum Gasteiger partial charge on any atom is 0.333 e. The predicted octanol–water partition coefficient (Wildman–Crippen LogP) is 16.8. The van der Waals surface area contributed by atoms with Gasteiger partial charge in [0.05, 0.1) is 0 Å². The summed E-state index contributed by atoms with van der Waals surface area (Å²) in [5.41, 5.74) is 27.3. The first-order valence-corrected chi connectivity index (χ1v) is 26.5. The van der Waals surface area contributed by atoms with Crippen LogP contribution in [0, 0.1) is 6.92 Å². The fraction of sp³-hybridized carbons (Fsp3) is 0.446. The molecule has 2 aliphatic heterocycles. The summed E-state index contributed by atoms with van der Waals surface area (Å²) >= 11 is 0. The van der Waals surface area contributed by atoms with Crippen molar-refractivity contribution in [2.45, 2.75) is 187 Å². The van der Waals surface area contributed by atoms with Gasteiger partial charge in [-0.2, -0.15) is 0 Å². The highest BCUT2D eigenvalue weighted by atomic mass is 15.2. The zero-order valence-electron chi connectivity index (χ0n) is 44.2. The molecule has 0 amide bonds. The van der Waals surface area contributed by atoms with Crippen LogP contribution in [0.5, 0.6) is 0 Å². The third-order valence-corrected chi connectivity index (χ3v) is 18.5. The summed E-state index contributed by atoms with van der Waals surface area (Å²) in [7, 11) is 0. The summed E-state index contributed by atoms with van der Waals surface area (Å²) in [6.45, 7) is 34.7. The maximum absolute atomic E-state index is 2.80. The molecular weight excluding hydrogens is 820 g/mol. The molecule has 0 aromatic heterocycles. The van der Waals surface area contributed by atoms with E-state index in [1.807, 2.05) is 0 Å². The third-order valence-electron chi connectivity index (χ3n) is 18.5. The second-order valence-electron chi connectivity index (χ2n) is 26.1. The van der Waals surface area contributed by atoms with Crippen molar-refractivity contribution in [3.8, 4) is 22.3 Å². The number of anilines is 5. The van der Waals surface area contributed by atoms with E-state index in [4.69, 9.17) is 0 Å². The Morgan fingerprint density at radius 2 is 0.926 bits per heavy atom. The number of rotatable bonds is 6. The molecule has 0 unspecified atom stereocenters. The first-order chi connectivity index (χ1) is 32.0. The van der Waals surface area contributed by atoms with E-state index in [0.29, 0.717) is 0 Å². The average Bonchev–Trinajstić information content (AvgIpc) is 3.30. The molecular formula is C65H77BN2. The van der Waals surface area contributed by atoms with Gasteiger partial charge in [0.1, 0.15) is 0 Å². The number of nitrogens with zero attached hydrogens (tertiary/aromatic N) is 2. The molecule has 0 spiro atoms. The van der Waals surface area contributed by atoms with Gasteiger partial charge in [0.2, 0.25) is 0 Å². The Hall–Kier alpha value is -5.02. The van der Waals surface area contributed by atoms with Crippen LogP contribution in [-0.2, 0) is 38.9 Å². The lowest BCUT2D eigenvalue weighted by Gasteiger charge is -2.50. The van der Waals surface area contributed by atoms with Crippen LogP contribution in [0.4, 0.5) is 28.4 Å². The van der Waals surface area contributed by atoms with Gasteiger partial charge in [0.15, 0.2) is 0 Å². The minimum absolute atomic E-state index is 0.0289. The van der Waals surface area contributed by atoms with E-state index in [0.717, 1.165) is 6.42 Å². The van der Waals surface area contributed by atoms with E-state index in [1.165, 1.54) is 157 Å². The van der Waals surface area contributed by atoms with Crippen molar-refractivity contribution in [1.29, 1.82) is 0 Å². The second-order valence-corrected chi connectivity index (χ2v) is 26.1. The fourth-order valence-corrected chi connectivity index (χ4v) is 13.6.